The number of ketones is 2. The number of carbonyl (C=O) groups excluding carboxylic acids is 2. The smallest absolute Gasteiger partial charge is 0.220 e. The van der Waals surface area contributed by atoms with Crippen LogP contribution in [0, 0.1) is 0 Å². The minimum absolute atomic E-state index is 0.00317. The lowest BCUT2D eigenvalue weighted by molar-refractivity contribution is 0.0968. The van der Waals surface area contributed by atoms with Gasteiger partial charge in [0, 0.05) is 5.56 Å². The molecule has 136 valence electrons. The highest BCUT2D eigenvalue weighted by Crippen LogP contribution is 2.31. The summed E-state index contributed by atoms with van der Waals surface area (Å²) in [5.41, 5.74) is 2.55. The van der Waals surface area contributed by atoms with E-state index in [1.807, 2.05) is 12.1 Å². The standard InChI is InChI=1S/C21H19N3O3/c1-21(2,3)13-9-7-12(8-10-13)11-24-18-17(22-23-24)20(27)16-14(19(18)26)5-4-6-15(16)25/h4-10,25H,11H2,1-3H3. The van der Waals surface area contributed by atoms with Crippen LogP contribution in [0.25, 0.3) is 0 Å². The summed E-state index contributed by atoms with van der Waals surface area (Å²) < 4.78 is 1.45. The van der Waals surface area contributed by atoms with E-state index < -0.39 is 5.78 Å². The summed E-state index contributed by atoms with van der Waals surface area (Å²) in [6.07, 6.45) is 0. The lowest BCUT2D eigenvalue weighted by Gasteiger charge is -2.19. The predicted molar refractivity (Wildman–Crippen MR) is 99.2 cm³/mol. The van der Waals surface area contributed by atoms with E-state index in [9.17, 15) is 14.7 Å². The molecule has 1 heterocycles. The number of nitrogens with zero attached hydrogens (tertiary/aromatic N) is 3. The molecular formula is C21H19N3O3. The first kappa shape index (κ1) is 17.1. The lowest BCUT2D eigenvalue weighted by atomic mass is 9.86. The average molecular weight is 361 g/mol. The number of aromatic hydroxyl groups is 1. The normalized spacial score (nSPS) is 13.4. The van der Waals surface area contributed by atoms with Gasteiger partial charge < -0.3 is 5.11 Å². The second kappa shape index (κ2) is 5.87. The van der Waals surface area contributed by atoms with E-state index >= 15 is 0 Å². The van der Waals surface area contributed by atoms with Gasteiger partial charge in [0.25, 0.3) is 0 Å². The topological polar surface area (TPSA) is 85.1 Å². The number of carbonyl (C=O) groups is 2. The minimum atomic E-state index is -0.480. The summed E-state index contributed by atoms with van der Waals surface area (Å²) >= 11 is 0. The summed E-state index contributed by atoms with van der Waals surface area (Å²) in [7, 11) is 0. The van der Waals surface area contributed by atoms with Crippen LogP contribution in [0.4, 0.5) is 0 Å². The Morgan fingerprint density at radius 2 is 1.70 bits per heavy atom. The summed E-state index contributed by atoms with van der Waals surface area (Å²) in [5.74, 6) is -1.05. The molecule has 1 aliphatic rings. The van der Waals surface area contributed by atoms with Crippen LogP contribution in [-0.4, -0.2) is 31.7 Å². The van der Waals surface area contributed by atoms with Gasteiger partial charge in [-0.1, -0.05) is 56.3 Å². The van der Waals surface area contributed by atoms with Gasteiger partial charge in [-0.3, -0.25) is 9.59 Å². The molecule has 1 aromatic heterocycles. The Bertz CT molecular complexity index is 1070. The molecule has 0 fully saturated rings. The molecule has 0 amide bonds. The first-order valence-corrected chi connectivity index (χ1v) is 8.71. The van der Waals surface area contributed by atoms with Crippen molar-refractivity contribution in [3.8, 4) is 5.75 Å². The molecule has 6 nitrogen and oxygen atoms in total. The third-order valence-electron chi connectivity index (χ3n) is 4.83. The molecule has 27 heavy (non-hydrogen) atoms. The Kier molecular flexibility index (Phi) is 3.73. The molecule has 0 unspecified atom stereocenters. The Morgan fingerprint density at radius 3 is 2.37 bits per heavy atom. The number of rotatable bonds is 2. The zero-order valence-corrected chi connectivity index (χ0v) is 15.4. The molecule has 6 heteroatoms. The van der Waals surface area contributed by atoms with Crippen molar-refractivity contribution in [1.29, 1.82) is 0 Å². The van der Waals surface area contributed by atoms with Crippen molar-refractivity contribution in [1.82, 2.24) is 15.0 Å². The van der Waals surface area contributed by atoms with Crippen LogP contribution in [-0.2, 0) is 12.0 Å². The third kappa shape index (κ3) is 2.73. The number of phenols is 1. The Hall–Kier alpha value is -3.28. The Labute approximate surface area is 156 Å². The Balaban J connectivity index is 1.71. The number of hydrogen-bond donors (Lipinski definition) is 1. The molecular weight excluding hydrogens is 342 g/mol. The molecule has 0 saturated heterocycles. The Morgan fingerprint density at radius 1 is 1.00 bits per heavy atom. The molecule has 0 spiro atoms. The molecule has 0 bridgehead atoms. The van der Waals surface area contributed by atoms with Gasteiger partial charge in [-0.25, -0.2) is 4.68 Å². The van der Waals surface area contributed by atoms with Crippen molar-refractivity contribution < 1.29 is 14.7 Å². The number of benzene rings is 2. The molecule has 4 rings (SSSR count). The highest BCUT2D eigenvalue weighted by atomic mass is 16.3. The summed E-state index contributed by atoms with van der Waals surface area (Å²) in [4.78, 5) is 25.6. The maximum Gasteiger partial charge on any atom is 0.220 e. The van der Waals surface area contributed by atoms with Crippen molar-refractivity contribution >= 4 is 11.6 Å². The van der Waals surface area contributed by atoms with Crippen molar-refractivity contribution in [3.63, 3.8) is 0 Å². The van der Waals surface area contributed by atoms with Crippen LogP contribution in [0.15, 0.2) is 42.5 Å². The van der Waals surface area contributed by atoms with Gasteiger partial charge >= 0.3 is 0 Å². The molecule has 1 aliphatic carbocycles. The number of phenolic OH excluding ortho intramolecular Hbond substituents is 1. The van der Waals surface area contributed by atoms with Gasteiger partial charge in [-0.15, -0.1) is 5.10 Å². The largest absolute Gasteiger partial charge is 0.507 e. The van der Waals surface area contributed by atoms with E-state index in [1.165, 1.54) is 22.4 Å². The maximum absolute atomic E-state index is 12.9. The van der Waals surface area contributed by atoms with Crippen molar-refractivity contribution in [2.75, 3.05) is 0 Å². The minimum Gasteiger partial charge on any atom is -0.507 e. The van der Waals surface area contributed by atoms with Gasteiger partial charge in [0.15, 0.2) is 5.69 Å². The lowest BCUT2D eigenvalue weighted by Crippen LogP contribution is -2.23. The van der Waals surface area contributed by atoms with E-state index in [0.29, 0.717) is 6.54 Å². The number of aromatic nitrogens is 3. The van der Waals surface area contributed by atoms with Gasteiger partial charge in [0.05, 0.1) is 12.1 Å². The van der Waals surface area contributed by atoms with Crippen LogP contribution < -0.4 is 0 Å². The second-order valence-corrected chi connectivity index (χ2v) is 7.75. The van der Waals surface area contributed by atoms with Gasteiger partial charge in [0.1, 0.15) is 11.4 Å². The van der Waals surface area contributed by atoms with E-state index in [-0.39, 0.29) is 39.5 Å². The van der Waals surface area contributed by atoms with Crippen molar-refractivity contribution in [2.45, 2.75) is 32.7 Å². The SMILES string of the molecule is CC(C)(C)c1ccc(Cn2nnc3c2C(=O)c2cccc(O)c2C3=O)cc1. The molecule has 0 aliphatic heterocycles. The van der Waals surface area contributed by atoms with Crippen LogP contribution in [0.2, 0.25) is 0 Å². The van der Waals surface area contributed by atoms with Crippen LogP contribution in [0.3, 0.4) is 0 Å². The highest BCUT2D eigenvalue weighted by Gasteiger charge is 2.36. The summed E-state index contributed by atoms with van der Waals surface area (Å²) in [6, 6.07) is 12.6. The first-order chi connectivity index (χ1) is 12.8. The fourth-order valence-corrected chi connectivity index (χ4v) is 3.30. The van der Waals surface area contributed by atoms with Crippen molar-refractivity contribution in [2.24, 2.45) is 0 Å². The highest BCUT2D eigenvalue weighted by molar-refractivity contribution is 6.27. The van der Waals surface area contributed by atoms with Gasteiger partial charge in [-0.05, 0) is 28.7 Å². The van der Waals surface area contributed by atoms with E-state index in [1.54, 1.807) is 6.07 Å². The predicted octanol–water partition coefficient (Wildman–Crippen LogP) is 3.10. The molecule has 0 radical (unpaired) electrons. The van der Waals surface area contributed by atoms with E-state index in [0.717, 1.165) is 5.56 Å². The first-order valence-electron chi connectivity index (χ1n) is 8.71. The van der Waals surface area contributed by atoms with Crippen LogP contribution in [0.5, 0.6) is 5.75 Å². The third-order valence-corrected chi connectivity index (χ3v) is 4.83. The quantitative estimate of drug-likeness (QED) is 0.593. The molecule has 0 saturated carbocycles. The van der Waals surface area contributed by atoms with Gasteiger partial charge in [-0.2, -0.15) is 0 Å². The molecule has 2 aromatic carbocycles. The molecule has 1 N–H and O–H groups in total. The maximum atomic E-state index is 12.9. The number of hydrogen-bond acceptors (Lipinski definition) is 5. The monoisotopic (exact) mass is 361 g/mol. The van der Waals surface area contributed by atoms with E-state index in [2.05, 4.69) is 43.2 Å². The summed E-state index contributed by atoms with van der Waals surface area (Å²) in [5, 5.41) is 17.9. The molecule has 0 atom stereocenters. The average Bonchev–Trinajstić information content (AvgIpc) is 3.03. The van der Waals surface area contributed by atoms with Crippen LogP contribution in [0.1, 0.15) is 64.0 Å². The van der Waals surface area contributed by atoms with Gasteiger partial charge in [0.2, 0.25) is 11.6 Å². The zero-order valence-electron chi connectivity index (χ0n) is 15.4. The number of fused-ring (bicyclic) bond motifs is 2. The van der Waals surface area contributed by atoms with E-state index in [4.69, 9.17) is 0 Å². The second-order valence-electron chi connectivity index (χ2n) is 7.75. The van der Waals surface area contributed by atoms with Crippen LogP contribution >= 0.6 is 0 Å². The van der Waals surface area contributed by atoms with Crippen molar-refractivity contribution in [3.05, 3.63) is 76.1 Å². The summed E-state index contributed by atoms with van der Waals surface area (Å²) in [6.45, 7) is 6.77. The fraction of sp³-hybridized carbons (Fsp3) is 0.238. The zero-order chi connectivity index (χ0) is 19.3. The fourth-order valence-electron chi connectivity index (χ4n) is 3.30. The molecule has 3 aromatic rings.